The zero-order valence-electron chi connectivity index (χ0n) is 24.1. The normalized spacial score (nSPS) is 15.6. The molecule has 1 aliphatic rings. The van der Waals surface area contributed by atoms with Crippen LogP contribution in [0.15, 0.2) is 24.3 Å². The van der Waals surface area contributed by atoms with Gasteiger partial charge in [0.2, 0.25) is 0 Å². The molecule has 0 saturated carbocycles. The molecule has 1 aromatic carbocycles. The van der Waals surface area contributed by atoms with E-state index < -0.39 is 0 Å². The number of hydrogen-bond donors (Lipinski definition) is 3. The van der Waals surface area contributed by atoms with Crippen LogP contribution in [0.1, 0.15) is 41.7 Å². The highest BCUT2D eigenvalue weighted by atomic mass is 35.5. The maximum atomic E-state index is 12.9. The number of piperidine rings is 1. The highest BCUT2D eigenvalue weighted by Gasteiger charge is 2.24. The number of nitrogen functional groups attached to an aromatic ring is 1. The lowest BCUT2D eigenvalue weighted by Gasteiger charge is -2.33. The molecule has 220 valence electrons. The summed E-state index contributed by atoms with van der Waals surface area (Å²) in [7, 11) is 7.52. The molecule has 0 spiro atoms. The zero-order valence-corrected chi connectivity index (χ0v) is 24.8. The Balaban J connectivity index is 1.39. The number of rotatable bonds is 14. The molecule has 0 bridgehead atoms. The van der Waals surface area contributed by atoms with E-state index in [4.69, 9.17) is 22.1 Å². The first-order chi connectivity index (χ1) is 19.2. The molecule has 1 unspecified atom stereocenters. The van der Waals surface area contributed by atoms with Crippen molar-refractivity contribution in [1.82, 2.24) is 30.0 Å². The lowest BCUT2D eigenvalue weighted by Crippen LogP contribution is -2.48. The highest BCUT2D eigenvalue weighted by molar-refractivity contribution is 6.31. The van der Waals surface area contributed by atoms with E-state index in [1.54, 1.807) is 11.9 Å². The molecular weight excluding hydrogens is 532 g/mol. The number of carbonyl (C=O) groups excluding carboxylic acids is 2. The molecule has 0 aliphatic carbocycles. The van der Waals surface area contributed by atoms with E-state index in [9.17, 15) is 9.59 Å². The molecule has 40 heavy (non-hydrogen) atoms. The average molecular weight is 575 g/mol. The van der Waals surface area contributed by atoms with Gasteiger partial charge in [0.05, 0.1) is 0 Å². The topological polar surface area (TPSA) is 129 Å². The molecule has 2 amide bonds. The van der Waals surface area contributed by atoms with Crippen LogP contribution in [0.3, 0.4) is 0 Å². The molecule has 2 heterocycles. The minimum absolute atomic E-state index is 0.0151. The number of anilines is 2. The van der Waals surface area contributed by atoms with Crippen molar-refractivity contribution in [1.29, 1.82) is 0 Å². The molecule has 2 aromatic rings. The molecular formula is C28H43ClN8O3. The van der Waals surface area contributed by atoms with Gasteiger partial charge in [-0.25, -0.2) is 9.97 Å². The van der Waals surface area contributed by atoms with Crippen LogP contribution in [-0.2, 0) is 11.2 Å². The summed E-state index contributed by atoms with van der Waals surface area (Å²) in [6.07, 6.45) is 4.78. The van der Waals surface area contributed by atoms with E-state index in [0.717, 1.165) is 58.3 Å². The number of benzene rings is 1. The van der Waals surface area contributed by atoms with Gasteiger partial charge in [0.25, 0.3) is 11.8 Å². The van der Waals surface area contributed by atoms with Crippen molar-refractivity contribution in [3.05, 3.63) is 40.7 Å². The standard InChI is InChI=1S/C28H43ClN8O3/c1-31-27-24(33-25(29)26(30)34-27)28(39)32-21-9-6-17-37(18-21)16-5-8-20-10-12-22(13-11-20)40-19-23(38)36(4)15-7-14-35(2)3/h10-13,21H,5-9,14-19H2,1-4H3,(H,32,39)(H3,30,31,34). The second-order valence-electron chi connectivity index (χ2n) is 10.5. The van der Waals surface area contributed by atoms with Crippen LogP contribution < -0.4 is 21.1 Å². The second kappa shape index (κ2) is 15.6. The fourth-order valence-electron chi connectivity index (χ4n) is 4.65. The smallest absolute Gasteiger partial charge is 0.274 e. The molecule has 1 fully saturated rings. The van der Waals surface area contributed by atoms with E-state index in [1.165, 1.54) is 5.56 Å². The summed E-state index contributed by atoms with van der Waals surface area (Å²) in [5, 5.41) is 5.95. The van der Waals surface area contributed by atoms with Gasteiger partial charge in [0.15, 0.2) is 29.1 Å². The predicted octanol–water partition coefficient (Wildman–Crippen LogP) is 2.37. The Morgan fingerprint density at radius 3 is 2.60 bits per heavy atom. The van der Waals surface area contributed by atoms with Crippen molar-refractivity contribution < 1.29 is 14.3 Å². The second-order valence-corrected chi connectivity index (χ2v) is 10.8. The number of halogens is 1. The van der Waals surface area contributed by atoms with Crippen molar-refractivity contribution in [2.45, 2.75) is 38.1 Å². The fraction of sp³-hybridized carbons (Fsp3) is 0.571. The van der Waals surface area contributed by atoms with E-state index in [2.05, 4.69) is 42.5 Å². The number of aryl methyl sites for hydroxylation is 1. The molecule has 1 atom stereocenters. The molecule has 1 aliphatic heterocycles. The Morgan fingerprint density at radius 1 is 1.15 bits per heavy atom. The molecule has 12 heteroatoms. The first-order valence-corrected chi connectivity index (χ1v) is 14.2. The molecule has 3 rings (SSSR count). The highest BCUT2D eigenvalue weighted by Crippen LogP contribution is 2.20. The van der Waals surface area contributed by atoms with E-state index in [-0.39, 0.29) is 41.1 Å². The average Bonchev–Trinajstić information content (AvgIpc) is 2.93. The van der Waals surface area contributed by atoms with Crippen LogP contribution in [0.5, 0.6) is 5.75 Å². The zero-order chi connectivity index (χ0) is 29.1. The number of likely N-dealkylation sites (tertiary alicyclic amines) is 1. The number of ether oxygens (including phenoxy) is 1. The molecule has 11 nitrogen and oxygen atoms in total. The first-order valence-electron chi connectivity index (χ1n) is 13.8. The van der Waals surface area contributed by atoms with Crippen LogP contribution in [0.2, 0.25) is 5.15 Å². The number of likely N-dealkylation sites (N-methyl/N-ethyl adjacent to an activating group) is 1. The minimum atomic E-state index is -0.314. The molecule has 1 aromatic heterocycles. The number of nitrogens with zero attached hydrogens (tertiary/aromatic N) is 5. The summed E-state index contributed by atoms with van der Waals surface area (Å²) >= 11 is 5.99. The van der Waals surface area contributed by atoms with E-state index in [0.29, 0.717) is 18.1 Å². The van der Waals surface area contributed by atoms with E-state index >= 15 is 0 Å². The molecule has 1 saturated heterocycles. The number of aromatic nitrogens is 2. The number of nitrogens with two attached hydrogens (primary N) is 1. The Labute approximate surface area is 242 Å². The van der Waals surface area contributed by atoms with Crippen LogP contribution >= 0.6 is 11.6 Å². The molecule has 4 N–H and O–H groups in total. The van der Waals surface area contributed by atoms with Crippen molar-refractivity contribution in [2.24, 2.45) is 0 Å². The summed E-state index contributed by atoms with van der Waals surface area (Å²) in [5.74, 6) is 0.746. The Bertz CT molecular complexity index is 1120. The number of amides is 2. The molecule has 0 radical (unpaired) electrons. The quantitative estimate of drug-likeness (QED) is 0.311. The number of carbonyl (C=O) groups is 2. The van der Waals surface area contributed by atoms with Crippen molar-refractivity contribution in [2.75, 3.05) is 78.6 Å². The van der Waals surface area contributed by atoms with Crippen LogP contribution in [0, 0.1) is 0 Å². The van der Waals surface area contributed by atoms with Gasteiger partial charge < -0.3 is 35.8 Å². The largest absolute Gasteiger partial charge is 0.484 e. The summed E-state index contributed by atoms with van der Waals surface area (Å²) in [4.78, 5) is 39.6. The van der Waals surface area contributed by atoms with Crippen molar-refractivity contribution >= 4 is 35.1 Å². The maximum absolute atomic E-state index is 12.9. The number of hydrogen-bond acceptors (Lipinski definition) is 9. The lowest BCUT2D eigenvalue weighted by atomic mass is 10.0. The van der Waals surface area contributed by atoms with Gasteiger partial charge in [0, 0.05) is 33.2 Å². The summed E-state index contributed by atoms with van der Waals surface area (Å²) in [6, 6.07) is 7.98. The Kier molecular flexibility index (Phi) is 12.2. The maximum Gasteiger partial charge on any atom is 0.274 e. The van der Waals surface area contributed by atoms with Crippen LogP contribution in [-0.4, -0.2) is 110 Å². The van der Waals surface area contributed by atoms with Crippen LogP contribution in [0.4, 0.5) is 11.6 Å². The monoisotopic (exact) mass is 574 g/mol. The third kappa shape index (κ3) is 9.79. The SMILES string of the molecule is CNc1nc(N)c(Cl)nc1C(=O)NC1CCCN(CCCc2ccc(OCC(=O)N(C)CCCN(C)C)cc2)C1. The van der Waals surface area contributed by atoms with Gasteiger partial charge >= 0.3 is 0 Å². The van der Waals surface area contributed by atoms with Gasteiger partial charge in [-0.2, -0.15) is 0 Å². The van der Waals surface area contributed by atoms with Gasteiger partial charge in [-0.3, -0.25) is 9.59 Å². The lowest BCUT2D eigenvalue weighted by molar-refractivity contribution is -0.132. The third-order valence-corrected chi connectivity index (χ3v) is 7.20. The third-order valence-electron chi connectivity index (χ3n) is 6.92. The minimum Gasteiger partial charge on any atom is -0.484 e. The summed E-state index contributed by atoms with van der Waals surface area (Å²) < 4.78 is 5.70. The van der Waals surface area contributed by atoms with Gasteiger partial charge in [-0.15, -0.1) is 0 Å². The van der Waals surface area contributed by atoms with Gasteiger partial charge in [-0.05, 0) is 83.5 Å². The van der Waals surface area contributed by atoms with Crippen molar-refractivity contribution in [3.8, 4) is 5.75 Å². The van der Waals surface area contributed by atoms with Gasteiger partial charge in [0.1, 0.15) is 5.75 Å². The summed E-state index contributed by atoms with van der Waals surface area (Å²) in [5.41, 5.74) is 7.08. The first kappa shape index (κ1) is 31.4. The summed E-state index contributed by atoms with van der Waals surface area (Å²) in [6.45, 7) is 4.43. The predicted molar refractivity (Wildman–Crippen MR) is 159 cm³/mol. The Hall–Kier alpha value is -3.15. The van der Waals surface area contributed by atoms with E-state index in [1.807, 2.05) is 33.3 Å². The van der Waals surface area contributed by atoms with Crippen molar-refractivity contribution in [3.63, 3.8) is 0 Å². The number of nitrogens with one attached hydrogen (secondary N) is 2. The Morgan fingerprint density at radius 2 is 1.90 bits per heavy atom. The van der Waals surface area contributed by atoms with Crippen LogP contribution in [0.25, 0.3) is 0 Å². The fourth-order valence-corrected chi connectivity index (χ4v) is 4.78. The van der Waals surface area contributed by atoms with Gasteiger partial charge in [-0.1, -0.05) is 23.7 Å².